The molecular formula is C18H28N4O4. The van der Waals surface area contributed by atoms with Crippen LogP contribution >= 0.6 is 0 Å². The molecule has 0 fully saturated rings. The van der Waals surface area contributed by atoms with Gasteiger partial charge in [0.1, 0.15) is 12.1 Å². The van der Waals surface area contributed by atoms with Crippen LogP contribution < -0.4 is 22.1 Å². The number of amides is 2. The summed E-state index contributed by atoms with van der Waals surface area (Å²) in [5.41, 5.74) is 12.3. The van der Waals surface area contributed by atoms with Crippen molar-refractivity contribution in [3.05, 3.63) is 35.9 Å². The normalized spacial score (nSPS) is 14.1. The summed E-state index contributed by atoms with van der Waals surface area (Å²) in [5.74, 6) is -2.15. The first-order valence-corrected chi connectivity index (χ1v) is 8.68. The predicted octanol–water partition coefficient (Wildman–Crippen LogP) is -0.240. The fourth-order valence-electron chi connectivity index (χ4n) is 2.38. The highest BCUT2D eigenvalue weighted by molar-refractivity contribution is 5.91. The first-order chi connectivity index (χ1) is 12.3. The molecule has 0 aromatic heterocycles. The summed E-state index contributed by atoms with van der Waals surface area (Å²) < 4.78 is 0. The summed E-state index contributed by atoms with van der Waals surface area (Å²) in [7, 11) is 0. The average molecular weight is 364 g/mol. The number of nitrogens with two attached hydrogens (primary N) is 2. The standard InChI is InChI=1S/C18H28N4O4/c1-12(18(25)26)21-17(24)15(9-5-6-10-19)22-16(23)14(20)11-13-7-3-2-4-8-13/h2-4,7-8,12,14-15H,5-6,9-11,19-20H2,1H3,(H,21,24)(H,22,23)(H,25,26). The van der Waals surface area contributed by atoms with Gasteiger partial charge in [-0.3, -0.25) is 14.4 Å². The van der Waals surface area contributed by atoms with Crippen LogP contribution in [0.5, 0.6) is 0 Å². The molecule has 0 saturated carbocycles. The van der Waals surface area contributed by atoms with Crippen LogP contribution in [-0.2, 0) is 20.8 Å². The molecule has 0 radical (unpaired) electrons. The van der Waals surface area contributed by atoms with Gasteiger partial charge in [0.2, 0.25) is 11.8 Å². The van der Waals surface area contributed by atoms with Gasteiger partial charge in [0, 0.05) is 0 Å². The predicted molar refractivity (Wildman–Crippen MR) is 98.2 cm³/mol. The number of rotatable bonds is 11. The Morgan fingerprint density at radius 3 is 2.31 bits per heavy atom. The van der Waals surface area contributed by atoms with E-state index < -0.39 is 35.9 Å². The van der Waals surface area contributed by atoms with Crippen molar-refractivity contribution in [2.24, 2.45) is 11.5 Å². The molecule has 7 N–H and O–H groups in total. The third-order valence-electron chi connectivity index (χ3n) is 3.94. The van der Waals surface area contributed by atoms with Crippen LogP contribution in [0.25, 0.3) is 0 Å². The van der Waals surface area contributed by atoms with E-state index in [1.807, 2.05) is 30.3 Å². The molecule has 1 aromatic rings. The highest BCUT2D eigenvalue weighted by Crippen LogP contribution is 2.05. The maximum Gasteiger partial charge on any atom is 0.325 e. The molecule has 0 spiro atoms. The fourth-order valence-corrected chi connectivity index (χ4v) is 2.38. The molecular weight excluding hydrogens is 336 g/mol. The van der Waals surface area contributed by atoms with Gasteiger partial charge in [0.05, 0.1) is 6.04 Å². The Morgan fingerprint density at radius 1 is 1.08 bits per heavy atom. The molecule has 1 aromatic carbocycles. The van der Waals surface area contributed by atoms with E-state index in [2.05, 4.69) is 10.6 Å². The SMILES string of the molecule is CC(NC(=O)C(CCCCN)NC(=O)C(N)Cc1ccccc1)C(=O)O. The van der Waals surface area contributed by atoms with E-state index in [1.54, 1.807) is 0 Å². The average Bonchev–Trinajstić information content (AvgIpc) is 2.61. The van der Waals surface area contributed by atoms with Gasteiger partial charge in [-0.15, -0.1) is 0 Å². The third-order valence-corrected chi connectivity index (χ3v) is 3.94. The summed E-state index contributed by atoms with van der Waals surface area (Å²) >= 11 is 0. The molecule has 144 valence electrons. The van der Waals surface area contributed by atoms with Crippen molar-refractivity contribution in [1.29, 1.82) is 0 Å². The summed E-state index contributed by atoms with van der Waals surface area (Å²) in [4.78, 5) is 35.6. The molecule has 0 heterocycles. The van der Waals surface area contributed by atoms with E-state index in [1.165, 1.54) is 6.92 Å². The van der Waals surface area contributed by atoms with Crippen LogP contribution in [0, 0.1) is 0 Å². The van der Waals surface area contributed by atoms with E-state index in [4.69, 9.17) is 16.6 Å². The zero-order chi connectivity index (χ0) is 19.5. The van der Waals surface area contributed by atoms with Gasteiger partial charge in [-0.05, 0) is 44.7 Å². The minimum Gasteiger partial charge on any atom is -0.480 e. The Kier molecular flexibility index (Phi) is 9.32. The number of carboxylic acids is 1. The summed E-state index contributed by atoms with van der Waals surface area (Å²) in [6.07, 6.45) is 2.03. The first-order valence-electron chi connectivity index (χ1n) is 8.68. The second-order valence-corrected chi connectivity index (χ2v) is 6.21. The lowest BCUT2D eigenvalue weighted by Gasteiger charge is -2.22. The Bertz CT molecular complexity index is 594. The molecule has 8 heteroatoms. The molecule has 0 aliphatic rings. The third kappa shape index (κ3) is 7.62. The highest BCUT2D eigenvalue weighted by Gasteiger charge is 2.25. The van der Waals surface area contributed by atoms with Crippen molar-refractivity contribution in [2.75, 3.05) is 6.54 Å². The number of hydrogen-bond donors (Lipinski definition) is 5. The minimum absolute atomic E-state index is 0.343. The van der Waals surface area contributed by atoms with Crippen molar-refractivity contribution in [1.82, 2.24) is 10.6 Å². The molecule has 0 saturated heterocycles. The van der Waals surface area contributed by atoms with Crippen molar-refractivity contribution in [2.45, 2.75) is 50.7 Å². The number of hydrogen-bond acceptors (Lipinski definition) is 5. The van der Waals surface area contributed by atoms with Gasteiger partial charge in [-0.2, -0.15) is 0 Å². The zero-order valence-corrected chi connectivity index (χ0v) is 15.0. The van der Waals surface area contributed by atoms with Crippen LogP contribution in [0.2, 0.25) is 0 Å². The maximum absolute atomic E-state index is 12.4. The number of carbonyl (C=O) groups excluding carboxylic acids is 2. The van der Waals surface area contributed by atoms with E-state index >= 15 is 0 Å². The lowest BCUT2D eigenvalue weighted by atomic mass is 10.0. The Balaban J connectivity index is 2.68. The van der Waals surface area contributed by atoms with Gasteiger partial charge in [-0.1, -0.05) is 30.3 Å². The second kappa shape index (κ2) is 11.2. The van der Waals surface area contributed by atoms with Crippen molar-refractivity contribution in [3.63, 3.8) is 0 Å². The van der Waals surface area contributed by atoms with E-state index in [0.29, 0.717) is 32.2 Å². The zero-order valence-electron chi connectivity index (χ0n) is 15.0. The maximum atomic E-state index is 12.4. The van der Waals surface area contributed by atoms with Crippen molar-refractivity contribution in [3.8, 4) is 0 Å². The number of aliphatic carboxylic acids is 1. The topological polar surface area (TPSA) is 148 Å². The quantitative estimate of drug-likeness (QED) is 0.342. The second-order valence-electron chi connectivity index (χ2n) is 6.21. The minimum atomic E-state index is -1.15. The number of benzene rings is 1. The van der Waals surface area contributed by atoms with E-state index in [0.717, 1.165) is 5.56 Å². The first kappa shape index (κ1) is 21.6. The molecule has 3 unspecified atom stereocenters. The lowest BCUT2D eigenvalue weighted by Crippen LogP contribution is -2.54. The number of carbonyl (C=O) groups is 3. The Labute approximate surface area is 153 Å². The van der Waals surface area contributed by atoms with Gasteiger partial charge >= 0.3 is 5.97 Å². The summed E-state index contributed by atoms with van der Waals surface area (Å²) in [6, 6.07) is 6.62. The Hall–Kier alpha value is -2.45. The smallest absolute Gasteiger partial charge is 0.325 e. The number of carboxylic acid groups (broad SMARTS) is 1. The van der Waals surface area contributed by atoms with E-state index in [-0.39, 0.29) is 0 Å². The van der Waals surface area contributed by atoms with Gasteiger partial charge < -0.3 is 27.2 Å². The Morgan fingerprint density at radius 2 is 1.73 bits per heavy atom. The lowest BCUT2D eigenvalue weighted by molar-refractivity contribution is -0.141. The summed E-state index contributed by atoms with van der Waals surface area (Å²) in [6.45, 7) is 1.83. The number of nitrogens with one attached hydrogen (secondary N) is 2. The molecule has 2 amide bonds. The molecule has 1 rings (SSSR count). The van der Waals surface area contributed by atoms with Crippen LogP contribution in [0.4, 0.5) is 0 Å². The molecule has 3 atom stereocenters. The largest absolute Gasteiger partial charge is 0.480 e. The van der Waals surface area contributed by atoms with Crippen LogP contribution in [0.1, 0.15) is 31.7 Å². The molecule has 8 nitrogen and oxygen atoms in total. The highest BCUT2D eigenvalue weighted by atomic mass is 16.4. The molecule has 0 bridgehead atoms. The number of unbranched alkanes of at least 4 members (excludes halogenated alkanes) is 1. The van der Waals surface area contributed by atoms with E-state index in [9.17, 15) is 14.4 Å². The molecule has 26 heavy (non-hydrogen) atoms. The summed E-state index contributed by atoms with van der Waals surface area (Å²) in [5, 5.41) is 13.9. The molecule has 0 aliphatic heterocycles. The van der Waals surface area contributed by atoms with Gasteiger partial charge in [0.25, 0.3) is 0 Å². The van der Waals surface area contributed by atoms with Gasteiger partial charge in [0.15, 0.2) is 0 Å². The monoisotopic (exact) mass is 364 g/mol. The fraction of sp³-hybridized carbons (Fsp3) is 0.500. The van der Waals surface area contributed by atoms with Crippen molar-refractivity contribution < 1.29 is 19.5 Å². The van der Waals surface area contributed by atoms with Gasteiger partial charge in [-0.25, -0.2) is 0 Å². The van der Waals surface area contributed by atoms with Crippen LogP contribution in [0.15, 0.2) is 30.3 Å². The van der Waals surface area contributed by atoms with Crippen LogP contribution in [-0.4, -0.2) is 47.6 Å². The van der Waals surface area contributed by atoms with Crippen LogP contribution in [0.3, 0.4) is 0 Å². The molecule has 0 aliphatic carbocycles. The van der Waals surface area contributed by atoms with Crippen molar-refractivity contribution >= 4 is 17.8 Å².